The lowest BCUT2D eigenvalue weighted by Gasteiger charge is -2.27. The van der Waals surface area contributed by atoms with Crippen molar-refractivity contribution < 1.29 is 0 Å². The first-order chi connectivity index (χ1) is 5.18. The third kappa shape index (κ3) is 4.44. The van der Waals surface area contributed by atoms with E-state index >= 15 is 0 Å². The van der Waals surface area contributed by atoms with Gasteiger partial charge in [-0.25, -0.2) is 0 Å². The van der Waals surface area contributed by atoms with Gasteiger partial charge in [-0.05, 0) is 25.2 Å². The van der Waals surface area contributed by atoms with Gasteiger partial charge >= 0.3 is 0 Å². The molecule has 1 atom stereocenters. The van der Waals surface area contributed by atoms with Gasteiger partial charge < -0.3 is 0 Å². The van der Waals surface area contributed by atoms with Crippen LogP contribution in [0.1, 0.15) is 59.3 Å². The van der Waals surface area contributed by atoms with Crippen molar-refractivity contribution in [1.82, 2.24) is 0 Å². The molecule has 11 heavy (non-hydrogen) atoms. The minimum absolute atomic E-state index is 0.394. The molecule has 0 heterocycles. The molecule has 0 amide bonds. The third-order valence-electron chi connectivity index (χ3n) is 2.59. The molecule has 0 bridgehead atoms. The first kappa shape index (κ1) is 11.0. The van der Waals surface area contributed by atoms with Crippen LogP contribution in [-0.4, -0.2) is 0 Å². The van der Waals surface area contributed by atoms with Crippen molar-refractivity contribution in [2.75, 3.05) is 0 Å². The Morgan fingerprint density at radius 2 is 1.64 bits per heavy atom. The van der Waals surface area contributed by atoms with Crippen LogP contribution in [0.25, 0.3) is 0 Å². The minimum atomic E-state index is 0.394. The van der Waals surface area contributed by atoms with E-state index in [-0.39, 0.29) is 0 Å². The van der Waals surface area contributed by atoms with Crippen LogP contribution in [0.5, 0.6) is 0 Å². The van der Waals surface area contributed by atoms with Crippen LogP contribution in [-0.2, 0) is 0 Å². The molecule has 0 fully saturated rings. The Bertz CT molecular complexity index is 86.0. The predicted molar refractivity (Wildman–Crippen MR) is 52.5 cm³/mol. The second-order valence-corrected chi connectivity index (χ2v) is 3.71. The molecule has 0 saturated heterocycles. The van der Waals surface area contributed by atoms with E-state index in [1.807, 2.05) is 0 Å². The number of hydrogen-bond donors (Lipinski definition) is 0. The second-order valence-electron chi connectivity index (χ2n) is 3.71. The molecule has 0 aromatic heterocycles. The molecule has 0 heteroatoms. The van der Waals surface area contributed by atoms with Crippen LogP contribution in [0.2, 0.25) is 0 Å². The van der Waals surface area contributed by atoms with Gasteiger partial charge in [0.2, 0.25) is 0 Å². The smallest absolute Gasteiger partial charge is 0.0300 e. The summed E-state index contributed by atoms with van der Waals surface area (Å²) in [6, 6.07) is 0. The van der Waals surface area contributed by atoms with Gasteiger partial charge in [-0.2, -0.15) is 0 Å². The Morgan fingerprint density at radius 3 is 2.00 bits per heavy atom. The lowest BCUT2D eigenvalue weighted by Crippen LogP contribution is -2.14. The lowest BCUT2D eigenvalue weighted by atomic mass is 9.79. The van der Waals surface area contributed by atoms with Crippen molar-refractivity contribution in [1.29, 1.82) is 0 Å². The summed E-state index contributed by atoms with van der Waals surface area (Å²) in [4.78, 5) is 0. The van der Waals surface area contributed by atoms with Gasteiger partial charge in [0, 0.05) is 0 Å². The zero-order chi connectivity index (χ0) is 8.74. The summed E-state index contributed by atoms with van der Waals surface area (Å²) in [5, 5.41) is 0. The lowest BCUT2D eigenvalue weighted by molar-refractivity contribution is 0.293. The van der Waals surface area contributed by atoms with Gasteiger partial charge in [-0.1, -0.05) is 46.5 Å². The van der Waals surface area contributed by atoms with Crippen molar-refractivity contribution in [2.45, 2.75) is 59.3 Å². The quantitative estimate of drug-likeness (QED) is 0.539. The Hall–Kier alpha value is 0. The van der Waals surface area contributed by atoms with Gasteiger partial charge in [0.1, 0.15) is 0 Å². The van der Waals surface area contributed by atoms with Crippen molar-refractivity contribution in [2.24, 2.45) is 5.41 Å². The number of unbranched alkanes of at least 4 members (excludes halogenated alkanes) is 1. The number of hydrogen-bond acceptors (Lipinski definition) is 0. The maximum Gasteiger partial charge on any atom is -0.0300 e. The van der Waals surface area contributed by atoms with Gasteiger partial charge in [-0.15, -0.1) is 0 Å². The predicted octanol–water partition coefficient (Wildman–Crippen LogP) is 4.21. The summed E-state index contributed by atoms with van der Waals surface area (Å²) in [6.07, 6.45) is 7.78. The Morgan fingerprint density at radius 1 is 1.00 bits per heavy atom. The Balaban J connectivity index is 3.68. The highest BCUT2D eigenvalue weighted by Crippen LogP contribution is 2.32. The van der Waals surface area contributed by atoms with Gasteiger partial charge in [-0.3, -0.25) is 0 Å². The van der Waals surface area contributed by atoms with E-state index < -0.39 is 0 Å². The second kappa shape index (κ2) is 5.62. The van der Waals surface area contributed by atoms with Crippen LogP contribution >= 0.6 is 0 Å². The molecule has 0 saturated carbocycles. The maximum atomic E-state index is 4.32. The van der Waals surface area contributed by atoms with E-state index in [2.05, 4.69) is 27.7 Å². The molecule has 0 aliphatic carbocycles. The van der Waals surface area contributed by atoms with Gasteiger partial charge in [0.15, 0.2) is 0 Å². The molecular weight excluding hydrogens is 132 g/mol. The highest BCUT2D eigenvalue weighted by atomic mass is 14.2. The molecule has 0 aromatic carbocycles. The summed E-state index contributed by atoms with van der Waals surface area (Å²) in [5.41, 5.74) is 0.394. The molecule has 0 N–H and O–H groups in total. The average molecular weight is 155 g/mol. The molecule has 0 aliphatic rings. The summed E-state index contributed by atoms with van der Waals surface area (Å²) >= 11 is 0. The third-order valence-corrected chi connectivity index (χ3v) is 2.59. The van der Waals surface area contributed by atoms with Crippen LogP contribution in [0, 0.1) is 12.3 Å². The zero-order valence-electron chi connectivity index (χ0n) is 8.45. The van der Waals surface area contributed by atoms with Gasteiger partial charge in [0.25, 0.3) is 0 Å². The summed E-state index contributed by atoms with van der Waals surface area (Å²) < 4.78 is 0. The maximum absolute atomic E-state index is 4.32. The van der Waals surface area contributed by atoms with Crippen molar-refractivity contribution in [3.8, 4) is 0 Å². The van der Waals surface area contributed by atoms with E-state index in [0.717, 1.165) is 0 Å². The van der Waals surface area contributed by atoms with E-state index in [4.69, 9.17) is 0 Å². The summed E-state index contributed by atoms with van der Waals surface area (Å²) in [7, 11) is 0. The van der Waals surface area contributed by atoms with Crippen LogP contribution < -0.4 is 0 Å². The minimum Gasteiger partial charge on any atom is -0.0654 e. The fraction of sp³-hybridized carbons (Fsp3) is 0.909. The molecule has 1 radical (unpaired) electrons. The van der Waals surface area contributed by atoms with E-state index in [9.17, 15) is 0 Å². The van der Waals surface area contributed by atoms with Crippen molar-refractivity contribution in [3.05, 3.63) is 6.92 Å². The monoisotopic (exact) mass is 155 g/mol. The zero-order valence-corrected chi connectivity index (χ0v) is 8.45. The molecule has 67 valence electrons. The van der Waals surface area contributed by atoms with Crippen molar-refractivity contribution in [3.63, 3.8) is 0 Å². The highest BCUT2D eigenvalue weighted by molar-refractivity contribution is 4.79. The molecule has 0 aromatic rings. The SMILES string of the molecule is [CH2]C(CC)(CCC)CCCC. The largest absolute Gasteiger partial charge is 0.0654 e. The molecule has 0 nitrogen and oxygen atoms in total. The topological polar surface area (TPSA) is 0 Å². The summed E-state index contributed by atoms with van der Waals surface area (Å²) in [5.74, 6) is 0. The summed E-state index contributed by atoms with van der Waals surface area (Å²) in [6.45, 7) is 11.1. The van der Waals surface area contributed by atoms with E-state index in [1.165, 1.54) is 38.5 Å². The van der Waals surface area contributed by atoms with Crippen LogP contribution in [0.4, 0.5) is 0 Å². The normalized spacial score (nSPS) is 16.4. The molecule has 1 unspecified atom stereocenters. The molecular formula is C11H23. The average Bonchev–Trinajstić information content (AvgIpc) is 2.02. The number of rotatable bonds is 6. The molecule has 0 spiro atoms. The Labute approximate surface area is 72.4 Å². The molecule has 0 rings (SSSR count). The van der Waals surface area contributed by atoms with Crippen molar-refractivity contribution >= 4 is 0 Å². The first-order valence-corrected chi connectivity index (χ1v) is 5.04. The van der Waals surface area contributed by atoms with E-state index in [0.29, 0.717) is 5.41 Å². The van der Waals surface area contributed by atoms with Crippen LogP contribution in [0.3, 0.4) is 0 Å². The first-order valence-electron chi connectivity index (χ1n) is 5.04. The fourth-order valence-electron chi connectivity index (χ4n) is 1.56. The van der Waals surface area contributed by atoms with Gasteiger partial charge in [0.05, 0.1) is 0 Å². The molecule has 0 aliphatic heterocycles. The highest BCUT2D eigenvalue weighted by Gasteiger charge is 2.19. The van der Waals surface area contributed by atoms with Crippen LogP contribution in [0.15, 0.2) is 0 Å². The Kier molecular flexibility index (Phi) is 5.62. The standard InChI is InChI=1S/C11H23/c1-5-8-10-11(4,7-3)9-6-2/h4-10H2,1-3H3. The van der Waals surface area contributed by atoms with E-state index in [1.54, 1.807) is 0 Å². The fourth-order valence-corrected chi connectivity index (χ4v) is 1.56.